The molecule has 0 heterocycles. The molecule has 1 unspecified atom stereocenters. The van der Waals surface area contributed by atoms with E-state index in [9.17, 15) is 4.39 Å². The van der Waals surface area contributed by atoms with Crippen molar-refractivity contribution in [2.45, 2.75) is 38.1 Å². The van der Waals surface area contributed by atoms with E-state index in [4.69, 9.17) is 0 Å². The molecule has 3 rings (SSSR count). The van der Waals surface area contributed by atoms with Crippen molar-refractivity contribution in [2.75, 3.05) is 6.54 Å². The predicted octanol–water partition coefficient (Wildman–Crippen LogP) is 4.21. The SMILES string of the molecule is Cc1ccc(C(CNC2CC2)Cc2ccccc2F)cc1. The fraction of sp³-hybridized carbons (Fsp3) is 0.368. The molecule has 0 saturated heterocycles. The minimum absolute atomic E-state index is 0.0963. The number of halogens is 1. The van der Waals surface area contributed by atoms with Gasteiger partial charge < -0.3 is 5.32 Å². The first-order valence-corrected chi connectivity index (χ1v) is 7.76. The molecule has 1 saturated carbocycles. The Morgan fingerprint density at radius 1 is 1.10 bits per heavy atom. The third-order valence-corrected chi connectivity index (χ3v) is 4.20. The van der Waals surface area contributed by atoms with Crippen LogP contribution in [0.5, 0.6) is 0 Å². The van der Waals surface area contributed by atoms with E-state index in [2.05, 4.69) is 36.5 Å². The Morgan fingerprint density at radius 3 is 2.48 bits per heavy atom. The number of hydrogen-bond acceptors (Lipinski definition) is 1. The van der Waals surface area contributed by atoms with Gasteiger partial charge in [-0.25, -0.2) is 4.39 Å². The summed E-state index contributed by atoms with van der Waals surface area (Å²) < 4.78 is 13.9. The van der Waals surface area contributed by atoms with Crippen molar-refractivity contribution in [3.63, 3.8) is 0 Å². The first-order valence-electron chi connectivity index (χ1n) is 7.76. The lowest BCUT2D eigenvalue weighted by atomic mass is 9.91. The van der Waals surface area contributed by atoms with Gasteiger partial charge in [-0.3, -0.25) is 0 Å². The van der Waals surface area contributed by atoms with Crippen LogP contribution in [-0.2, 0) is 6.42 Å². The van der Waals surface area contributed by atoms with Crippen LogP contribution in [0.2, 0.25) is 0 Å². The fourth-order valence-electron chi connectivity index (χ4n) is 2.67. The Morgan fingerprint density at radius 2 is 1.81 bits per heavy atom. The lowest BCUT2D eigenvalue weighted by Gasteiger charge is -2.19. The van der Waals surface area contributed by atoms with Gasteiger partial charge in [0.1, 0.15) is 5.82 Å². The molecule has 1 N–H and O–H groups in total. The molecule has 2 heteroatoms. The van der Waals surface area contributed by atoms with Crippen LogP contribution in [0.1, 0.15) is 35.4 Å². The molecule has 110 valence electrons. The standard InChI is InChI=1S/C19H22FN/c1-14-6-8-15(9-7-14)17(13-21-18-10-11-18)12-16-4-2-3-5-19(16)20/h2-9,17-18,21H,10-13H2,1H3. The molecule has 1 nitrogen and oxygen atoms in total. The molecule has 21 heavy (non-hydrogen) atoms. The molecule has 1 atom stereocenters. The van der Waals surface area contributed by atoms with Crippen LogP contribution >= 0.6 is 0 Å². The second-order valence-corrected chi connectivity index (χ2v) is 6.09. The number of rotatable bonds is 6. The van der Waals surface area contributed by atoms with Gasteiger partial charge in [-0.15, -0.1) is 0 Å². The van der Waals surface area contributed by atoms with Crippen LogP contribution in [0.3, 0.4) is 0 Å². The molecule has 2 aromatic rings. The third kappa shape index (κ3) is 3.92. The maximum absolute atomic E-state index is 13.9. The van der Waals surface area contributed by atoms with Gasteiger partial charge in [0.25, 0.3) is 0 Å². The lowest BCUT2D eigenvalue weighted by molar-refractivity contribution is 0.552. The minimum atomic E-state index is -0.0963. The summed E-state index contributed by atoms with van der Waals surface area (Å²) in [6, 6.07) is 16.4. The Hall–Kier alpha value is -1.67. The van der Waals surface area contributed by atoms with Crippen LogP contribution in [0.4, 0.5) is 4.39 Å². The van der Waals surface area contributed by atoms with Gasteiger partial charge in [-0.2, -0.15) is 0 Å². The van der Waals surface area contributed by atoms with Crippen molar-refractivity contribution in [1.29, 1.82) is 0 Å². The molecule has 0 radical (unpaired) electrons. The quantitative estimate of drug-likeness (QED) is 0.837. The first kappa shape index (κ1) is 14.3. The van der Waals surface area contributed by atoms with E-state index in [0.717, 1.165) is 18.5 Å². The monoisotopic (exact) mass is 283 g/mol. The highest BCUT2D eigenvalue weighted by Gasteiger charge is 2.23. The third-order valence-electron chi connectivity index (χ3n) is 4.20. The summed E-state index contributed by atoms with van der Waals surface area (Å²) in [5.41, 5.74) is 3.36. The zero-order valence-electron chi connectivity index (χ0n) is 12.5. The van der Waals surface area contributed by atoms with Crippen molar-refractivity contribution in [3.05, 3.63) is 71.0 Å². The normalized spacial score (nSPS) is 15.9. The van der Waals surface area contributed by atoms with Gasteiger partial charge in [0, 0.05) is 18.5 Å². The maximum Gasteiger partial charge on any atom is 0.126 e. The van der Waals surface area contributed by atoms with Crippen LogP contribution in [0.25, 0.3) is 0 Å². The molecule has 0 spiro atoms. The molecule has 1 aliphatic carbocycles. The van der Waals surface area contributed by atoms with Gasteiger partial charge in [0.2, 0.25) is 0 Å². The molecule has 1 fully saturated rings. The zero-order valence-corrected chi connectivity index (χ0v) is 12.5. The summed E-state index contributed by atoms with van der Waals surface area (Å²) in [6.07, 6.45) is 3.30. The predicted molar refractivity (Wildman–Crippen MR) is 85.0 cm³/mol. The smallest absolute Gasteiger partial charge is 0.126 e. The van der Waals surface area contributed by atoms with E-state index < -0.39 is 0 Å². The van der Waals surface area contributed by atoms with Gasteiger partial charge in [0.05, 0.1) is 0 Å². The summed E-state index contributed by atoms with van der Waals surface area (Å²) in [5.74, 6) is 0.226. The Kier molecular flexibility index (Phi) is 4.35. The van der Waals surface area contributed by atoms with Crippen molar-refractivity contribution in [3.8, 4) is 0 Å². The van der Waals surface area contributed by atoms with Crippen molar-refractivity contribution in [2.24, 2.45) is 0 Å². The highest BCUT2D eigenvalue weighted by atomic mass is 19.1. The summed E-state index contributed by atoms with van der Waals surface area (Å²) in [4.78, 5) is 0. The fourth-order valence-corrected chi connectivity index (χ4v) is 2.67. The lowest BCUT2D eigenvalue weighted by Crippen LogP contribution is -2.25. The van der Waals surface area contributed by atoms with Crippen LogP contribution in [-0.4, -0.2) is 12.6 Å². The summed E-state index contributed by atoms with van der Waals surface area (Å²) in [6.45, 7) is 3.01. The van der Waals surface area contributed by atoms with E-state index in [0.29, 0.717) is 12.0 Å². The number of benzene rings is 2. The highest BCUT2D eigenvalue weighted by molar-refractivity contribution is 5.28. The molecule has 0 aliphatic heterocycles. The Labute approximate surface area is 126 Å². The number of nitrogens with one attached hydrogen (secondary N) is 1. The van der Waals surface area contributed by atoms with Gasteiger partial charge >= 0.3 is 0 Å². The van der Waals surface area contributed by atoms with E-state index in [1.807, 2.05) is 12.1 Å². The second-order valence-electron chi connectivity index (χ2n) is 6.09. The summed E-state index contributed by atoms with van der Waals surface area (Å²) in [7, 11) is 0. The average molecular weight is 283 g/mol. The summed E-state index contributed by atoms with van der Waals surface area (Å²) >= 11 is 0. The molecular formula is C19H22FN. The summed E-state index contributed by atoms with van der Waals surface area (Å²) in [5, 5.41) is 3.59. The number of hydrogen-bond donors (Lipinski definition) is 1. The van der Waals surface area contributed by atoms with Crippen LogP contribution < -0.4 is 5.32 Å². The Balaban J connectivity index is 1.77. The average Bonchev–Trinajstić information content (AvgIpc) is 3.31. The topological polar surface area (TPSA) is 12.0 Å². The molecule has 0 amide bonds. The molecular weight excluding hydrogens is 261 g/mol. The van der Waals surface area contributed by atoms with E-state index in [1.165, 1.54) is 24.0 Å². The van der Waals surface area contributed by atoms with Crippen molar-refractivity contribution >= 4 is 0 Å². The molecule has 0 aromatic heterocycles. The number of aryl methyl sites for hydroxylation is 1. The zero-order chi connectivity index (χ0) is 14.7. The maximum atomic E-state index is 13.9. The minimum Gasteiger partial charge on any atom is -0.313 e. The van der Waals surface area contributed by atoms with Crippen LogP contribution in [0, 0.1) is 12.7 Å². The first-order chi connectivity index (χ1) is 10.2. The van der Waals surface area contributed by atoms with Gasteiger partial charge in [-0.1, -0.05) is 48.0 Å². The van der Waals surface area contributed by atoms with Gasteiger partial charge in [0.15, 0.2) is 0 Å². The largest absolute Gasteiger partial charge is 0.313 e. The molecule has 2 aromatic carbocycles. The van der Waals surface area contributed by atoms with Gasteiger partial charge in [-0.05, 0) is 43.4 Å². The van der Waals surface area contributed by atoms with E-state index in [-0.39, 0.29) is 5.82 Å². The van der Waals surface area contributed by atoms with Crippen molar-refractivity contribution < 1.29 is 4.39 Å². The highest BCUT2D eigenvalue weighted by Crippen LogP contribution is 2.25. The Bertz CT molecular complexity index is 587. The second kappa shape index (κ2) is 6.40. The molecule has 1 aliphatic rings. The van der Waals surface area contributed by atoms with Crippen molar-refractivity contribution in [1.82, 2.24) is 5.32 Å². The van der Waals surface area contributed by atoms with Crippen LogP contribution in [0.15, 0.2) is 48.5 Å². The molecule has 0 bridgehead atoms. The van der Waals surface area contributed by atoms with E-state index in [1.54, 1.807) is 12.1 Å². The van der Waals surface area contributed by atoms with E-state index >= 15 is 0 Å².